The third kappa shape index (κ3) is 2.11. The predicted molar refractivity (Wildman–Crippen MR) is 53.1 cm³/mol. The SMILES string of the molecule is C=C(C#N)NC(=O)c1ccccc1N. The van der Waals surface area contributed by atoms with Gasteiger partial charge in [-0.1, -0.05) is 18.7 Å². The van der Waals surface area contributed by atoms with Gasteiger partial charge in [0.2, 0.25) is 0 Å². The van der Waals surface area contributed by atoms with E-state index in [1.54, 1.807) is 30.3 Å². The number of carbonyl (C=O) groups excluding carboxylic acids is 1. The highest BCUT2D eigenvalue weighted by Crippen LogP contribution is 2.10. The molecule has 0 atom stereocenters. The summed E-state index contributed by atoms with van der Waals surface area (Å²) in [6, 6.07) is 8.33. The summed E-state index contributed by atoms with van der Waals surface area (Å²) in [5.74, 6) is -0.422. The van der Waals surface area contributed by atoms with Crippen molar-refractivity contribution in [2.75, 3.05) is 5.73 Å². The molecule has 0 radical (unpaired) electrons. The summed E-state index contributed by atoms with van der Waals surface area (Å²) in [5.41, 5.74) is 6.27. The largest absolute Gasteiger partial charge is 0.398 e. The minimum absolute atomic E-state index is 0.00162. The number of nitrogens with zero attached hydrogens (tertiary/aromatic N) is 1. The van der Waals surface area contributed by atoms with E-state index < -0.39 is 5.91 Å². The maximum absolute atomic E-state index is 11.4. The van der Waals surface area contributed by atoms with Crippen LogP contribution in [0.25, 0.3) is 0 Å². The van der Waals surface area contributed by atoms with Crippen LogP contribution >= 0.6 is 0 Å². The van der Waals surface area contributed by atoms with E-state index in [4.69, 9.17) is 11.0 Å². The molecule has 1 aromatic rings. The Kier molecular flexibility index (Phi) is 2.87. The molecule has 70 valence electrons. The molecule has 0 spiro atoms. The number of amides is 1. The third-order valence-electron chi connectivity index (χ3n) is 1.60. The summed E-state index contributed by atoms with van der Waals surface area (Å²) in [5, 5.41) is 10.7. The molecular formula is C10H9N3O. The number of nitrogen functional groups attached to an aromatic ring is 1. The molecule has 0 aromatic heterocycles. The normalized spacial score (nSPS) is 8.79. The van der Waals surface area contributed by atoms with E-state index in [2.05, 4.69) is 11.9 Å². The van der Waals surface area contributed by atoms with Gasteiger partial charge < -0.3 is 11.1 Å². The number of nitrogens with two attached hydrogens (primary N) is 1. The van der Waals surface area contributed by atoms with Crippen LogP contribution < -0.4 is 11.1 Å². The minimum Gasteiger partial charge on any atom is -0.398 e. The van der Waals surface area contributed by atoms with Crippen LogP contribution in [0.4, 0.5) is 5.69 Å². The van der Waals surface area contributed by atoms with Crippen molar-refractivity contribution in [3.8, 4) is 6.07 Å². The van der Waals surface area contributed by atoms with Gasteiger partial charge in [-0.2, -0.15) is 5.26 Å². The summed E-state index contributed by atoms with van der Waals surface area (Å²) in [7, 11) is 0. The third-order valence-corrected chi connectivity index (χ3v) is 1.60. The smallest absolute Gasteiger partial charge is 0.258 e. The zero-order valence-corrected chi connectivity index (χ0v) is 7.45. The summed E-state index contributed by atoms with van der Waals surface area (Å²) in [4.78, 5) is 11.4. The number of carbonyl (C=O) groups is 1. The molecule has 1 rings (SSSR count). The average molecular weight is 187 g/mol. The fraction of sp³-hybridized carbons (Fsp3) is 0. The Morgan fingerprint density at radius 2 is 2.14 bits per heavy atom. The van der Waals surface area contributed by atoms with Gasteiger partial charge in [0.25, 0.3) is 5.91 Å². The Hall–Kier alpha value is -2.28. The second kappa shape index (κ2) is 4.10. The quantitative estimate of drug-likeness (QED) is 0.536. The Balaban J connectivity index is 2.87. The number of nitriles is 1. The molecule has 14 heavy (non-hydrogen) atoms. The van der Waals surface area contributed by atoms with Gasteiger partial charge in [0, 0.05) is 5.69 Å². The summed E-state index contributed by atoms with van der Waals surface area (Å²) < 4.78 is 0. The number of rotatable bonds is 2. The highest BCUT2D eigenvalue weighted by atomic mass is 16.1. The molecule has 0 aliphatic rings. The van der Waals surface area contributed by atoms with Crippen LogP contribution in [0.3, 0.4) is 0 Å². The zero-order chi connectivity index (χ0) is 10.6. The van der Waals surface area contributed by atoms with E-state index in [0.29, 0.717) is 11.3 Å². The van der Waals surface area contributed by atoms with Crippen molar-refractivity contribution in [1.82, 2.24) is 5.32 Å². The first kappa shape index (κ1) is 9.81. The number of hydrogen-bond donors (Lipinski definition) is 2. The number of para-hydroxylation sites is 1. The van der Waals surface area contributed by atoms with Crippen LogP contribution in [0, 0.1) is 11.3 Å². The molecule has 3 N–H and O–H groups in total. The van der Waals surface area contributed by atoms with Crippen molar-refractivity contribution in [3.05, 3.63) is 42.1 Å². The second-order valence-electron chi connectivity index (χ2n) is 2.63. The minimum atomic E-state index is -0.422. The first-order valence-corrected chi connectivity index (χ1v) is 3.90. The lowest BCUT2D eigenvalue weighted by Crippen LogP contribution is -2.22. The van der Waals surface area contributed by atoms with E-state index in [-0.39, 0.29) is 5.70 Å². The van der Waals surface area contributed by atoms with Gasteiger partial charge in [0.15, 0.2) is 0 Å². The van der Waals surface area contributed by atoms with Gasteiger partial charge in [-0.25, -0.2) is 0 Å². The van der Waals surface area contributed by atoms with Crippen LogP contribution in [0.1, 0.15) is 10.4 Å². The van der Waals surface area contributed by atoms with E-state index in [1.807, 2.05) is 0 Å². The van der Waals surface area contributed by atoms with Crippen molar-refractivity contribution in [1.29, 1.82) is 5.26 Å². The van der Waals surface area contributed by atoms with E-state index in [9.17, 15) is 4.79 Å². The molecule has 0 unspecified atom stereocenters. The highest BCUT2D eigenvalue weighted by molar-refractivity contribution is 6.00. The van der Waals surface area contributed by atoms with E-state index in [1.165, 1.54) is 0 Å². The number of benzene rings is 1. The Labute approximate surface area is 81.6 Å². The number of nitrogens with one attached hydrogen (secondary N) is 1. The first-order chi connectivity index (χ1) is 6.65. The van der Waals surface area contributed by atoms with E-state index >= 15 is 0 Å². The molecule has 1 amide bonds. The standard InChI is InChI=1S/C10H9N3O/c1-7(6-11)13-10(14)8-4-2-3-5-9(8)12/h2-5H,1,12H2,(H,13,14). The van der Waals surface area contributed by atoms with Crippen LogP contribution in [0.15, 0.2) is 36.5 Å². The molecule has 0 saturated heterocycles. The molecule has 0 aliphatic heterocycles. The monoisotopic (exact) mass is 187 g/mol. The lowest BCUT2D eigenvalue weighted by Gasteiger charge is -2.04. The van der Waals surface area contributed by atoms with Crippen molar-refractivity contribution >= 4 is 11.6 Å². The second-order valence-corrected chi connectivity index (χ2v) is 2.63. The van der Waals surface area contributed by atoms with Crippen molar-refractivity contribution in [3.63, 3.8) is 0 Å². The van der Waals surface area contributed by atoms with Gasteiger partial charge in [0.1, 0.15) is 11.8 Å². The molecule has 4 nitrogen and oxygen atoms in total. The summed E-state index contributed by atoms with van der Waals surface area (Å²) in [6.07, 6.45) is 0. The molecule has 0 heterocycles. The number of allylic oxidation sites excluding steroid dienone is 1. The van der Waals surface area contributed by atoms with Crippen molar-refractivity contribution in [2.45, 2.75) is 0 Å². The zero-order valence-electron chi connectivity index (χ0n) is 7.45. The number of anilines is 1. The van der Waals surface area contributed by atoms with Crippen molar-refractivity contribution < 1.29 is 4.79 Å². The molecule has 0 saturated carbocycles. The molecule has 0 fully saturated rings. The van der Waals surface area contributed by atoms with Crippen molar-refractivity contribution in [2.24, 2.45) is 0 Å². The summed E-state index contributed by atoms with van der Waals surface area (Å²) >= 11 is 0. The fourth-order valence-corrected chi connectivity index (χ4v) is 0.936. The maximum Gasteiger partial charge on any atom is 0.258 e. The van der Waals surface area contributed by atoms with Gasteiger partial charge in [-0.05, 0) is 12.1 Å². The van der Waals surface area contributed by atoms with Crippen LogP contribution in [-0.4, -0.2) is 5.91 Å². The molecule has 1 aromatic carbocycles. The van der Waals surface area contributed by atoms with Crippen LogP contribution in [-0.2, 0) is 0 Å². The first-order valence-electron chi connectivity index (χ1n) is 3.90. The van der Waals surface area contributed by atoms with Gasteiger partial charge >= 0.3 is 0 Å². The highest BCUT2D eigenvalue weighted by Gasteiger charge is 2.08. The number of hydrogen-bond acceptors (Lipinski definition) is 3. The lowest BCUT2D eigenvalue weighted by molar-refractivity contribution is 0.0968. The maximum atomic E-state index is 11.4. The topological polar surface area (TPSA) is 78.9 Å². The van der Waals surface area contributed by atoms with Gasteiger partial charge in [-0.15, -0.1) is 0 Å². The lowest BCUT2D eigenvalue weighted by atomic mass is 10.1. The molecule has 4 heteroatoms. The fourth-order valence-electron chi connectivity index (χ4n) is 0.936. The molecular weight excluding hydrogens is 178 g/mol. The average Bonchev–Trinajstić information content (AvgIpc) is 2.18. The predicted octanol–water partition coefficient (Wildman–Crippen LogP) is 1.04. The Morgan fingerprint density at radius 3 is 2.71 bits per heavy atom. The van der Waals surface area contributed by atoms with Gasteiger partial charge in [-0.3, -0.25) is 4.79 Å². The van der Waals surface area contributed by atoms with Crippen LogP contribution in [0.5, 0.6) is 0 Å². The Morgan fingerprint density at radius 1 is 1.50 bits per heavy atom. The van der Waals surface area contributed by atoms with Crippen LogP contribution in [0.2, 0.25) is 0 Å². The molecule has 0 bridgehead atoms. The summed E-state index contributed by atoms with van der Waals surface area (Å²) in [6.45, 7) is 3.33. The Bertz CT molecular complexity index is 418. The van der Waals surface area contributed by atoms with Gasteiger partial charge in [0.05, 0.1) is 5.56 Å². The molecule has 0 aliphatic carbocycles. The van der Waals surface area contributed by atoms with E-state index in [0.717, 1.165) is 0 Å².